The summed E-state index contributed by atoms with van der Waals surface area (Å²) in [4.78, 5) is 25.1. The molecular weight excluding hydrogens is 366 g/mol. The fourth-order valence-corrected chi connectivity index (χ4v) is 3.71. The smallest absolute Gasteiger partial charge is 0.340 e. The Kier molecular flexibility index (Phi) is 5.24. The quantitative estimate of drug-likeness (QED) is 0.609. The molecule has 1 aromatic heterocycles. The summed E-state index contributed by atoms with van der Waals surface area (Å²) in [6.07, 6.45) is 0. The van der Waals surface area contributed by atoms with Gasteiger partial charge in [-0.3, -0.25) is 9.36 Å². The number of aryl methyl sites for hydroxylation is 2. The van der Waals surface area contributed by atoms with Gasteiger partial charge < -0.3 is 9.47 Å². The molecule has 0 saturated carbocycles. The first kappa shape index (κ1) is 19.0. The lowest BCUT2D eigenvalue weighted by Gasteiger charge is -2.13. The van der Waals surface area contributed by atoms with Gasteiger partial charge in [0.05, 0.1) is 23.2 Å². The van der Waals surface area contributed by atoms with Gasteiger partial charge in [0.15, 0.2) is 6.61 Å². The second-order valence-electron chi connectivity index (χ2n) is 6.38. The molecule has 0 amide bonds. The third kappa shape index (κ3) is 3.43. The second-order valence-corrected chi connectivity index (χ2v) is 6.79. The number of carbonyl (C=O) groups excluding carboxylic acids is 2. The minimum Gasteiger partial charge on any atom is -0.482 e. The van der Waals surface area contributed by atoms with Crippen LogP contribution in [0.1, 0.15) is 32.0 Å². The standard InChI is InChI=1S/C21H20ClNO4/c1-12-9-13(2)20(16(22)10-12)27-11-18(24)23-14(3)19(21(25)26-4)15-7-5-6-8-17(15)23/h5-10H,11H2,1-4H3. The molecule has 3 aromatic rings. The number of rotatable bonds is 4. The van der Waals surface area contributed by atoms with E-state index in [1.807, 2.05) is 32.0 Å². The summed E-state index contributed by atoms with van der Waals surface area (Å²) in [6, 6.07) is 10.9. The molecule has 0 unspecified atom stereocenters. The molecule has 2 aromatic carbocycles. The molecule has 0 aliphatic carbocycles. The van der Waals surface area contributed by atoms with E-state index in [9.17, 15) is 9.59 Å². The zero-order chi connectivity index (χ0) is 19.7. The lowest BCUT2D eigenvalue weighted by atomic mass is 10.1. The van der Waals surface area contributed by atoms with Gasteiger partial charge in [0, 0.05) is 11.1 Å². The molecule has 140 valence electrons. The third-order valence-corrected chi connectivity index (χ3v) is 4.74. The number of esters is 1. The van der Waals surface area contributed by atoms with E-state index in [1.165, 1.54) is 11.7 Å². The van der Waals surface area contributed by atoms with Crippen molar-refractivity contribution in [3.05, 3.63) is 63.8 Å². The summed E-state index contributed by atoms with van der Waals surface area (Å²) >= 11 is 6.25. The zero-order valence-corrected chi connectivity index (χ0v) is 16.4. The molecule has 0 atom stereocenters. The van der Waals surface area contributed by atoms with Crippen molar-refractivity contribution in [1.82, 2.24) is 4.57 Å². The first-order valence-electron chi connectivity index (χ1n) is 8.46. The molecule has 0 aliphatic heterocycles. The number of aromatic nitrogens is 1. The van der Waals surface area contributed by atoms with E-state index in [-0.39, 0.29) is 12.5 Å². The number of halogens is 1. The van der Waals surface area contributed by atoms with E-state index in [0.717, 1.165) is 11.1 Å². The molecule has 0 aliphatic rings. The molecular formula is C21H20ClNO4. The van der Waals surface area contributed by atoms with E-state index >= 15 is 0 Å². The Bertz CT molecular complexity index is 1030. The third-order valence-electron chi connectivity index (χ3n) is 4.46. The highest BCUT2D eigenvalue weighted by Gasteiger charge is 2.23. The van der Waals surface area contributed by atoms with Crippen molar-refractivity contribution >= 4 is 34.4 Å². The number of ether oxygens (including phenoxy) is 2. The Hall–Kier alpha value is -2.79. The number of methoxy groups -OCH3 is 1. The number of carbonyl (C=O) groups is 2. The van der Waals surface area contributed by atoms with Gasteiger partial charge >= 0.3 is 5.97 Å². The number of fused-ring (bicyclic) bond motifs is 1. The maximum absolute atomic E-state index is 12.9. The highest BCUT2D eigenvalue weighted by molar-refractivity contribution is 6.32. The Balaban J connectivity index is 1.98. The van der Waals surface area contributed by atoms with Crippen molar-refractivity contribution in [3.63, 3.8) is 0 Å². The van der Waals surface area contributed by atoms with Crippen molar-refractivity contribution in [3.8, 4) is 5.75 Å². The lowest BCUT2D eigenvalue weighted by Crippen LogP contribution is -2.21. The molecule has 1 heterocycles. The first-order chi connectivity index (χ1) is 12.8. The molecule has 0 saturated heterocycles. The lowest BCUT2D eigenvalue weighted by molar-refractivity contribution is 0.0602. The largest absolute Gasteiger partial charge is 0.482 e. The van der Waals surface area contributed by atoms with Crippen molar-refractivity contribution < 1.29 is 19.1 Å². The monoisotopic (exact) mass is 385 g/mol. The van der Waals surface area contributed by atoms with Gasteiger partial charge in [-0.2, -0.15) is 0 Å². The fraction of sp³-hybridized carbons (Fsp3) is 0.238. The Labute approximate surface area is 162 Å². The SMILES string of the molecule is COC(=O)c1c(C)n(C(=O)COc2c(C)cc(C)cc2Cl)c2ccccc12. The Morgan fingerprint density at radius 2 is 1.81 bits per heavy atom. The minimum atomic E-state index is -0.478. The van der Waals surface area contributed by atoms with Crippen LogP contribution in [0, 0.1) is 20.8 Å². The van der Waals surface area contributed by atoms with E-state index in [2.05, 4.69) is 0 Å². The van der Waals surface area contributed by atoms with Crippen molar-refractivity contribution in [2.24, 2.45) is 0 Å². The van der Waals surface area contributed by atoms with Crippen LogP contribution in [0.5, 0.6) is 5.75 Å². The summed E-state index contributed by atoms with van der Waals surface area (Å²) < 4.78 is 12.1. The van der Waals surface area contributed by atoms with Crippen LogP contribution in [-0.4, -0.2) is 30.2 Å². The van der Waals surface area contributed by atoms with Crippen LogP contribution in [0.15, 0.2) is 36.4 Å². The number of hydrogen-bond acceptors (Lipinski definition) is 4. The minimum absolute atomic E-state index is 0.205. The van der Waals surface area contributed by atoms with Gasteiger partial charge in [-0.15, -0.1) is 0 Å². The number of nitrogens with zero attached hydrogens (tertiary/aromatic N) is 1. The van der Waals surface area contributed by atoms with Gasteiger partial charge in [0.1, 0.15) is 5.75 Å². The number of hydrogen-bond donors (Lipinski definition) is 0. The topological polar surface area (TPSA) is 57.5 Å². The number of benzene rings is 2. The summed E-state index contributed by atoms with van der Waals surface area (Å²) in [5.41, 5.74) is 3.41. The summed E-state index contributed by atoms with van der Waals surface area (Å²) in [5, 5.41) is 1.13. The highest BCUT2D eigenvalue weighted by atomic mass is 35.5. The van der Waals surface area contributed by atoms with Gasteiger partial charge in [-0.1, -0.05) is 35.9 Å². The van der Waals surface area contributed by atoms with Crippen LogP contribution >= 0.6 is 11.6 Å². The van der Waals surface area contributed by atoms with E-state index < -0.39 is 5.97 Å². The van der Waals surface area contributed by atoms with Crippen LogP contribution in [0.4, 0.5) is 0 Å². The predicted molar refractivity (Wildman–Crippen MR) is 105 cm³/mol. The Morgan fingerprint density at radius 1 is 1.11 bits per heavy atom. The Morgan fingerprint density at radius 3 is 2.48 bits per heavy atom. The van der Waals surface area contributed by atoms with Crippen molar-refractivity contribution in [2.75, 3.05) is 13.7 Å². The maximum Gasteiger partial charge on any atom is 0.340 e. The molecule has 0 spiro atoms. The van der Waals surface area contributed by atoms with Crippen molar-refractivity contribution in [2.45, 2.75) is 20.8 Å². The predicted octanol–water partition coefficient (Wildman–Crippen LogP) is 4.73. The first-order valence-corrected chi connectivity index (χ1v) is 8.84. The van der Waals surface area contributed by atoms with Crippen LogP contribution in [0.3, 0.4) is 0 Å². The summed E-state index contributed by atoms with van der Waals surface area (Å²) in [6.45, 7) is 5.33. The molecule has 6 heteroatoms. The van der Waals surface area contributed by atoms with Crippen molar-refractivity contribution in [1.29, 1.82) is 0 Å². The van der Waals surface area contributed by atoms with Gasteiger partial charge in [-0.05, 0) is 44.0 Å². The average molecular weight is 386 g/mol. The van der Waals surface area contributed by atoms with Crippen LogP contribution in [-0.2, 0) is 4.74 Å². The second kappa shape index (κ2) is 7.45. The molecule has 0 radical (unpaired) electrons. The molecule has 0 N–H and O–H groups in total. The van der Waals surface area contributed by atoms with Gasteiger partial charge in [0.25, 0.3) is 5.91 Å². The van der Waals surface area contributed by atoms with Gasteiger partial charge in [0.2, 0.25) is 0 Å². The molecule has 5 nitrogen and oxygen atoms in total. The van der Waals surface area contributed by atoms with E-state index in [1.54, 1.807) is 25.1 Å². The van der Waals surface area contributed by atoms with E-state index in [0.29, 0.717) is 32.9 Å². The summed E-state index contributed by atoms with van der Waals surface area (Å²) in [5.74, 6) is -0.290. The molecule has 0 bridgehead atoms. The summed E-state index contributed by atoms with van der Waals surface area (Å²) in [7, 11) is 1.32. The normalized spacial score (nSPS) is 10.9. The van der Waals surface area contributed by atoms with E-state index in [4.69, 9.17) is 21.1 Å². The molecule has 3 rings (SSSR count). The zero-order valence-electron chi connectivity index (χ0n) is 15.6. The number of para-hydroxylation sites is 1. The maximum atomic E-state index is 12.9. The highest BCUT2D eigenvalue weighted by Crippen LogP contribution is 2.30. The fourth-order valence-electron chi connectivity index (χ4n) is 3.33. The van der Waals surface area contributed by atoms with Crippen LogP contribution in [0.2, 0.25) is 5.02 Å². The molecule has 27 heavy (non-hydrogen) atoms. The van der Waals surface area contributed by atoms with Gasteiger partial charge in [-0.25, -0.2) is 4.79 Å². The average Bonchev–Trinajstić information content (AvgIpc) is 2.91. The van der Waals surface area contributed by atoms with Crippen LogP contribution in [0.25, 0.3) is 10.9 Å². The molecule has 0 fully saturated rings. The van der Waals surface area contributed by atoms with Crippen LogP contribution < -0.4 is 4.74 Å².